The van der Waals surface area contributed by atoms with Crippen molar-refractivity contribution in [1.29, 1.82) is 0 Å². The van der Waals surface area contributed by atoms with Crippen LogP contribution in [0.5, 0.6) is 0 Å². The van der Waals surface area contributed by atoms with Gasteiger partial charge in [-0.15, -0.1) is 0 Å². The van der Waals surface area contributed by atoms with Crippen molar-refractivity contribution in [3.8, 4) is 0 Å². The van der Waals surface area contributed by atoms with E-state index in [9.17, 15) is 9.59 Å². The molecule has 0 fully saturated rings. The monoisotopic (exact) mass is 380 g/mol. The SMILES string of the molecule is CC(C)(C)N(Cc1ccccc1)C(=O)C(=O)N(Cc1ccccc1)C(C)(C)C. The zero-order valence-electron chi connectivity index (χ0n) is 17.9. The van der Waals surface area contributed by atoms with Crippen LogP contribution in [0.2, 0.25) is 0 Å². The van der Waals surface area contributed by atoms with Gasteiger partial charge >= 0.3 is 11.8 Å². The molecule has 0 atom stereocenters. The third-order valence-electron chi connectivity index (χ3n) is 4.66. The lowest BCUT2D eigenvalue weighted by molar-refractivity contribution is -0.158. The van der Waals surface area contributed by atoms with E-state index < -0.39 is 22.9 Å². The fourth-order valence-corrected chi connectivity index (χ4v) is 2.99. The van der Waals surface area contributed by atoms with E-state index in [2.05, 4.69) is 0 Å². The molecule has 2 aromatic rings. The van der Waals surface area contributed by atoms with Crippen LogP contribution in [0.4, 0.5) is 0 Å². The number of benzene rings is 2. The summed E-state index contributed by atoms with van der Waals surface area (Å²) >= 11 is 0. The quantitative estimate of drug-likeness (QED) is 0.725. The molecule has 0 aromatic heterocycles. The van der Waals surface area contributed by atoms with Gasteiger partial charge in [-0.05, 0) is 52.7 Å². The fourth-order valence-electron chi connectivity index (χ4n) is 2.99. The minimum absolute atomic E-state index is 0.401. The van der Waals surface area contributed by atoms with Crippen LogP contribution in [0.15, 0.2) is 60.7 Å². The first-order valence-corrected chi connectivity index (χ1v) is 9.71. The number of rotatable bonds is 4. The van der Waals surface area contributed by atoms with Crippen LogP contribution >= 0.6 is 0 Å². The van der Waals surface area contributed by atoms with E-state index in [0.717, 1.165) is 11.1 Å². The van der Waals surface area contributed by atoms with Gasteiger partial charge in [0.25, 0.3) is 0 Å². The third-order valence-corrected chi connectivity index (χ3v) is 4.66. The molecule has 0 spiro atoms. The van der Waals surface area contributed by atoms with Crippen molar-refractivity contribution in [2.24, 2.45) is 0 Å². The zero-order valence-corrected chi connectivity index (χ0v) is 17.9. The summed E-state index contributed by atoms with van der Waals surface area (Å²) in [5.41, 5.74) is 1.06. The number of nitrogens with zero attached hydrogens (tertiary/aromatic N) is 2. The number of hydrogen-bond donors (Lipinski definition) is 0. The van der Waals surface area contributed by atoms with E-state index in [-0.39, 0.29) is 0 Å². The second-order valence-electron chi connectivity index (χ2n) is 9.10. The summed E-state index contributed by atoms with van der Waals surface area (Å²) in [5.74, 6) is -0.940. The van der Waals surface area contributed by atoms with Crippen molar-refractivity contribution in [1.82, 2.24) is 9.80 Å². The van der Waals surface area contributed by atoms with Crippen molar-refractivity contribution < 1.29 is 9.59 Å². The fraction of sp³-hybridized carbons (Fsp3) is 0.417. The van der Waals surface area contributed by atoms with Gasteiger partial charge in [0, 0.05) is 24.2 Å². The van der Waals surface area contributed by atoms with Gasteiger partial charge in [0.2, 0.25) is 0 Å². The van der Waals surface area contributed by atoms with E-state index in [1.54, 1.807) is 9.80 Å². The van der Waals surface area contributed by atoms with Crippen LogP contribution in [-0.2, 0) is 22.7 Å². The van der Waals surface area contributed by atoms with Crippen LogP contribution in [0, 0.1) is 0 Å². The summed E-state index contributed by atoms with van der Waals surface area (Å²) in [6.07, 6.45) is 0. The zero-order chi connectivity index (χ0) is 20.9. The molecule has 0 bridgehead atoms. The maximum absolute atomic E-state index is 13.3. The average molecular weight is 381 g/mol. The summed E-state index contributed by atoms with van der Waals surface area (Å²) in [6.45, 7) is 12.6. The van der Waals surface area contributed by atoms with E-state index in [4.69, 9.17) is 0 Å². The van der Waals surface area contributed by atoms with Crippen LogP contribution in [0.3, 0.4) is 0 Å². The summed E-state index contributed by atoms with van der Waals surface area (Å²) in [5, 5.41) is 0. The Bertz CT molecular complexity index is 717. The molecule has 0 aliphatic carbocycles. The van der Waals surface area contributed by atoms with Gasteiger partial charge in [-0.25, -0.2) is 0 Å². The standard InChI is InChI=1S/C24H32N2O2/c1-23(2,3)25(17-19-13-9-7-10-14-19)21(27)22(28)26(24(4,5)6)18-20-15-11-8-12-16-20/h7-16H,17-18H2,1-6H3. The summed E-state index contributed by atoms with van der Waals surface area (Å²) in [4.78, 5) is 29.9. The second-order valence-corrected chi connectivity index (χ2v) is 9.10. The van der Waals surface area contributed by atoms with Crippen LogP contribution < -0.4 is 0 Å². The van der Waals surface area contributed by atoms with Gasteiger partial charge in [0.05, 0.1) is 0 Å². The first-order valence-electron chi connectivity index (χ1n) is 9.71. The lowest BCUT2D eigenvalue weighted by Crippen LogP contribution is -2.55. The van der Waals surface area contributed by atoms with Gasteiger partial charge < -0.3 is 9.80 Å². The Morgan fingerprint density at radius 1 is 0.607 bits per heavy atom. The third kappa shape index (κ3) is 5.69. The molecule has 0 saturated heterocycles. The highest BCUT2D eigenvalue weighted by Crippen LogP contribution is 2.22. The van der Waals surface area contributed by atoms with E-state index >= 15 is 0 Å². The molecule has 2 rings (SSSR count). The molecule has 0 radical (unpaired) electrons. The van der Waals surface area contributed by atoms with Crippen LogP contribution in [-0.4, -0.2) is 32.7 Å². The van der Waals surface area contributed by atoms with Gasteiger partial charge in [-0.3, -0.25) is 9.59 Å². The number of amides is 2. The Hall–Kier alpha value is -2.62. The smallest absolute Gasteiger partial charge is 0.312 e. The maximum atomic E-state index is 13.3. The predicted octanol–water partition coefficient (Wildman–Crippen LogP) is 4.64. The molecule has 0 saturated carbocycles. The average Bonchev–Trinajstić information content (AvgIpc) is 2.63. The second kappa shape index (κ2) is 8.59. The Labute approximate surface area is 169 Å². The molecule has 0 aliphatic heterocycles. The molecule has 150 valence electrons. The van der Waals surface area contributed by atoms with Gasteiger partial charge in [0.1, 0.15) is 0 Å². The Kier molecular flexibility index (Phi) is 6.65. The van der Waals surface area contributed by atoms with Crippen LogP contribution in [0.1, 0.15) is 52.7 Å². The minimum Gasteiger partial charge on any atom is -0.325 e. The van der Waals surface area contributed by atoms with Crippen LogP contribution in [0.25, 0.3) is 0 Å². The molecule has 2 aromatic carbocycles. The minimum atomic E-state index is -0.473. The molecule has 0 heterocycles. The highest BCUT2D eigenvalue weighted by Gasteiger charge is 2.37. The highest BCUT2D eigenvalue weighted by atomic mass is 16.2. The lowest BCUT2D eigenvalue weighted by atomic mass is 10.0. The van der Waals surface area contributed by atoms with Crippen molar-refractivity contribution >= 4 is 11.8 Å². The Morgan fingerprint density at radius 2 is 0.893 bits per heavy atom. The van der Waals surface area contributed by atoms with Gasteiger partial charge in [-0.2, -0.15) is 0 Å². The predicted molar refractivity (Wildman–Crippen MR) is 113 cm³/mol. The van der Waals surface area contributed by atoms with Crippen molar-refractivity contribution in [3.05, 3.63) is 71.8 Å². The van der Waals surface area contributed by atoms with E-state index in [0.29, 0.717) is 13.1 Å². The number of hydrogen-bond acceptors (Lipinski definition) is 2. The Morgan fingerprint density at radius 3 is 1.14 bits per heavy atom. The highest BCUT2D eigenvalue weighted by molar-refractivity contribution is 6.35. The Balaban J connectivity index is 2.30. The van der Waals surface area contributed by atoms with Crippen molar-refractivity contribution in [2.45, 2.75) is 65.7 Å². The first kappa shape index (κ1) is 21.7. The van der Waals surface area contributed by atoms with E-state index in [1.165, 1.54) is 0 Å². The molecule has 0 unspecified atom stereocenters. The summed E-state index contributed by atoms with van der Waals surface area (Å²) in [6, 6.07) is 19.6. The maximum Gasteiger partial charge on any atom is 0.312 e. The molecule has 4 nitrogen and oxygen atoms in total. The topological polar surface area (TPSA) is 40.6 Å². The molecule has 0 aliphatic rings. The van der Waals surface area contributed by atoms with Crippen molar-refractivity contribution in [2.75, 3.05) is 0 Å². The normalized spacial score (nSPS) is 11.8. The molecule has 0 N–H and O–H groups in total. The molecule has 4 heteroatoms. The van der Waals surface area contributed by atoms with E-state index in [1.807, 2.05) is 102 Å². The largest absolute Gasteiger partial charge is 0.325 e. The lowest BCUT2D eigenvalue weighted by Gasteiger charge is -2.40. The van der Waals surface area contributed by atoms with Gasteiger partial charge in [-0.1, -0.05) is 60.7 Å². The number of carbonyl (C=O) groups excluding carboxylic acids is 2. The molecular weight excluding hydrogens is 348 g/mol. The molecule has 2 amide bonds. The molecular formula is C24H32N2O2. The molecule has 28 heavy (non-hydrogen) atoms. The first-order chi connectivity index (χ1) is 13.0. The summed E-state index contributed by atoms with van der Waals surface area (Å²) in [7, 11) is 0. The van der Waals surface area contributed by atoms with Crippen molar-refractivity contribution in [3.63, 3.8) is 0 Å². The number of carbonyl (C=O) groups is 2. The summed E-state index contributed by atoms with van der Waals surface area (Å²) < 4.78 is 0. The van der Waals surface area contributed by atoms with Gasteiger partial charge in [0.15, 0.2) is 0 Å².